The Kier molecular flexibility index (Phi) is 8.01. The van der Waals surface area contributed by atoms with Crippen molar-refractivity contribution in [1.82, 2.24) is 0 Å². The second kappa shape index (κ2) is 11.5. The van der Waals surface area contributed by atoms with Gasteiger partial charge in [-0.2, -0.15) is 0 Å². The third-order valence-corrected chi connectivity index (χ3v) is 9.78. The fraction of sp³-hybridized carbons (Fsp3) is 0.515. The summed E-state index contributed by atoms with van der Waals surface area (Å²) in [5.74, 6) is 2.84. The minimum Gasteiger partial charge on any atom is -0.489 e. The van der Waals surface area contributed by atoms with E-state index in [1.165, 1.54) is 35.1 Å². The number of ether oxygens (including phenoxy) is 4. The molecule has 0 radical (unpaired) electrons. The zero-order chi connectivity index (χ0) is 27.0. The molecule has 0 spiro atoms. The standard InChI is InChI=1S/C33H38Cl2O4/c1-33(2,25-9-3-21(4-10-25)23-7-13-31(29(34)15-23)38-19-27-17-36-27)26-11-5-22(6-12-26)24-8-14-32(30(35)16-24)39-20-28-18-37-28/h3,5,7-8,13-16,25-28H,4,6,9-12,17-20H2,1-2H3. The van der Waals surface area contributed by atoms with Crippen molar-refractivity contribution in [3.63, 3.8) is 0 Å². The number of halogens is 2. The molecule has 4 nitrogen and oxygen atoms in total. The lowest BCUT2D eigenvalue weighted by molar-refractivity contribution is 0.0991. The molecule has 2 aromatic rings. The van der Waals surface area contributed by atoms with Crippen LogP contribution in [0, 0.1) is 17.3 Å². The first-order chi connectivity index (χ1) is 18.9. The first-order valence-corrected chi connectivity index (χ1v) is 15.1. The maximum Gasteiger partial charge on any atom is 0.138 e. The lowest BCUT2D eigenvalue weighted by Gasteiger charge is -2.44. The first-order valence-electron chi connectivity index (χ1n) is 14.3. The van der Waals surface area contributed by atoms with E-state index in [-0.39, 0.29) is 17.6 Å². The minimum absolute atomic E-state index is 0.228. The summed E-state index contributed by atoms with van der Waals surface area (Å²) in [6, 6.07) is 12.4. The van der Waals surface area contributed by atoms with E-state index in [1.54, 1.807) is 0 Å². The summed E-state index contributed by atoms with van der Waals surface area (Å²) in [6.07, 6.45) is 12.2. The molecule has 4 aliphatic rings. The summed E-state index contributed by atoms with van der Waals surface area (Å²) in [7, 11) is 0. The highest BCUT2D eigenvalue weighted by Gasteiger charge is 2.38. The monoisotopic (exact) mass is 568 g/mol. The fourth-order valence-corrected chi connectivity index (χ4v) is 6.68. The van der Waals surface area contributed by atoms with E-state index < -0.39 is 0 Å². The van der Waals surface area contributed by atoms with Gasteiger partial charge in [0.25, 0.3) is 0 Å². The van der Waals surface area contributed by atoms with Crippen LogP contribution in [0.25, 0.3) is 11.1 Å². The maximum absolute atomic E-state index is 6.54. The Hall–Kier alpha value is -1.98. The van der Waals surface area contributed by atoms with Crippen molar-refractivity contribution in [2.75, 3.05) is 26.4 Å². The molecule has 0 aromatic heterocycles. The van der Waals surface area contributed by atoms with Crippen molar-refractivity contribution in [1.29, 1.82) is 0 Å². The molecule has 2 heterocycles. The fourth-order valence-electron chi connectivity index (χ4n) is 6.21. The van der Waals surface area contributed by atoms with Gasteiger partial charge in [0.2, 0.25) is 0 Å². The molecule has 4 unspecified atom stereocenters. The average molecular weight is 570 g/mol. The topological polar surface area (TPSA) is 43.5 Å². The normalized spacial score (nSPS) is 26.5. The Labute approximate surface area is 242 Å². The number of benzene rings is 2. The molecule has 2 aliphatic heterocycles. The molecule has 2 fully saturated rings. The van der Waals surface area contributed by atoms with Crippen LogP contribution in [0.15, 0.2) is 48.6 Å². The summed E-state index contributed by atoms with van der Waals surface area (Å²) in [4.78, 5) is 0. The van der Waals surface area contributed by atoms with Crippen LogP contribution in [0.2, 0.25) is 10.0 Å². The molecule has 0 bridgehead atoms. The van der Waals surface area contributed by atoms with Crippen molar-refractivity contribution in [2.24, 2.45) is 17.3 Å². The number of hydrogen-bond acceptors (Lipinski definition) is 4. The number of epoxide rings is 2. The van der Waals surface area contributed by atoms with E-state index in [0.717, 1.165) is 50.4 Å². The average Bonchev–Trinajstić information content (AvgIpc) is 3.88. The summed E-state index contributed by atoms with van der Waals surface area (Å²) in [6.45, 7) is 7.68. The van der Waals surface area contributed by atoms with E-state index in [4.69, 9.17) is 42.1 Å². The van der Waals surface area contributed by atoms with Gasteiger partial charge in [0.05, 0.1) is 23.3 Å². The second-order valence-corrected chi connectivity index (χ2v) is 12.9. The molecule has 39 heavy (non-hydrogen) atoms. The Morgan fingerprint density at radius 2 is 1.18 bits per heavy atom. The molecule has 0 N–H and O–H groups in total. The number of allylic oxidation sites excluding steroid dienone is 4. The van der Waals surface area contributed by atoms with Crippen molar-refractivity contribution in [2.45, 2.75) is 64.6 Å². The van der Waals surface area contributed by atoms with Crippen LogP contribution in [0.1, 0.15) is 63.5 Å². The highest BCUT2D eigenvalue weighted by molar-refractivity contribution is 6.32. The van der Waals surface area contributed by atoms with Crippen LogP contribution >= 0.6 is 23.2 Å². The highest BCUT2D eigenvalue weighted by Crippen LogP contribution is 2.49. The van der Waals surface area contributed by atoms with Gasteiger partial charge in [-0.05, 0) is 102 Å². The SMILES string of the molecule is CC(C)(C1CC=C(c2ccc(OCC3CO3)c(Cl)c2)CC1)C1CC=C(c2ccc(OCC3CO3)c(Cl)c2)CC1. The molecule has 2 saturated heterocycles. The summed E-state index contributed by atoms with van der Waals surface area (Å²) >= 11 is 13.1. The van der Waals surface area contributed by atoms with Crippen molar-refractivity contribution < 1.29 is 18.9 Å². The van der Waals surface area contributed by atoms with Crippen LogP contribution in [-0.2, 0) is 9.47 Å². The Morgan fingerprint density at radius 3 is 1.51 bits per heavy atom. The summed E-state index contributed by atoms with van der Waals surface area (Å²) in [5, 5.41) is 1.36. The second-order valence-electron chi connectivity index (χ2n) is 12.0. The van der Waals surface area contributed by atoms with Gasteiger partial charge in [0.15, 0.2) is 0 Å². The lowest BCUT2D eigenvalue weighted by atomic mass is 9.61. The van der Waals surface area contributed by atoms with Gasteiger partial charge in [-0.25, -0.2) is 0 Å². The van der Waals surface area contributed by atoms with Gasteiger partial charge in [-0.1, -0.05) is 61.3 Å². The quantitative estimate of drug-likeness (QED) is 0.269. The van der Waals surface area contributed by atoms with Gasteiger partial charge in [0, 0.05) is 0 Å². The molecule has 0 amide bonds. The van der Waals surface area contributed by atoms with E-state index in [9.17, 15) is 0 Å². The molecular weight excluding hydrogens is 531 g/mol. The van der Waals surface area contributed by atoms with Crippen LogP contribution < -0.4 is 9.47 Å². The molecule has 6 heteroatoms. The first kappa shape index (κ1) is 27.2. The summed E-state index contributed by atoms with van der Waals surface area (Å²) in [5.41, 5.74) is 5.52. The number of hydrogen-bond donors (Lipinski definition) is 0. The zero-order valence-electron chi connectivity index (χ0n) is 22.9. The van der Waals surface area contributed by atoms with E-state index in [1.807, 2.05) is 12.1 Å². The molecule has 208 valence electrons. The van der Waals surface area contributed by atoms with Crippen LogP contribution in [0.3, 0.4) is 0 Å². The number of rotatable bonds is 10. The van der Waals surface area contributed by atoms with Crippen molar-refractivity contribution in [3.05, 3.63) is 69.7 Å². The molecular formula is C33H38Cl2O4. The molecule has 2 aromatic carbocycles. The van der Waals surface area contributed by atoms with Crippen molar-refractivity contribution >= 4 is 34.3 Å². The molecule has 0 saturated carbocycles. The Morgan fingerprint density at radius 1 is 0.744 bits per heavy atom. The third kappa shape index (κ3) is 6.51. The predicted octanol–water partition coefficient (Wildman–Crippen LogP) is 8.64. The molecule has 6 rings (SSSR count). The smallest absolute Gasteiger partial charge is 0.138 e. The zero-order valence-corrected chi connectivity index (χ0v) is 24.4. The van der Waals surface area contributed by atoms with Crippen LogP contribution in [-0.4, -0.2) is 38.6 Å². The van der Waals surface area contributed by atoms with Crippen LogP contribution in [0.4, 0.5) is 0 Å². The molecule has 2 aliphatic carbocycles. The van der Waals surface area contributed by atoms with Gasteiger partial charge < -0.3 is 18.9 Å². The third-order valence-electron chi connectivity index (χ3n) is 9.19. The largest absolute Gasteiger partial charge is 0.489 e. The highest BCUT2D eigenvalue weighted by atomic mass is 35.5. The van der Waals surface area contributed by atoms with Crippen molar-refractivity contribution in [3.8, 4) is 11.5 Å². The summed E-state index contributed by atoms with van der Waals surface area (Å²) < 4.78 is 22.1. The lowest BCUT2D eigenvalue weighted by Crippen LogP contribution is -2.34. The van der Waals surface area contributed by atoms with E-state index in [0.29, 0.717) is 35.1 Å². The maximum atomic E-state index is 6.54. The Bertz CT molecular complexity index is 1160. The Balaban J connectivity index is 1.05. The van der Waals surface area contributed by atoms with Gasteiger partial charge in [0.1, 0.15) is 36.9 Å². The molecule has 4 atom stereocenters. The van der Waals surface area contributed by atoms with Gasteiger partial charge in [-0.15, -0.1) is 0 Å². The van der Waals surface area contributed by atoms with E-state index >= 15 is 0 Å². The van der Waals surface area contributed by atoms with Gasteiger partial charge >= 0.3 is 0 Å². The minimum atomic E-state index is 0.228. The predicted molar refractivity (Wildman–Crippen MR) is 158 cm³/mol. The van der Waals surface area contributed by atoms with E-state index in [2.05, 4.69) is 50.3 Å². The van der Waals surface area contributed by atoms with Crippen LogP contribution in [0.5, 0.6) is 11.5 Å². The van der Waals surface area contributed by atoms with Gasteiger partial charge in [-0.3, -0.25) is 0 Å².